The predicted molar refractivity (Wildman–Crippen MR) is 58.6 cm³/mol. The van der Waals surface area contributed by atoms with E-state index in [1.165, 1.54) is 12.2 Å². The fourth-order valence-electron chi connectivity index (χ4n) is 3.04. The van der Waals surface area contributed by atoms with Crippen LogP contribution in [0.3, 0.4) is 0 Å². The van der Waals surface area contributed by atoms with Crippen LogP contribution in [0.5, 0.6) is 0 Å². The van der Waals surface area contributed by atoms with Crippen molar-refractivity contribution >= 4 is 17.7 Å². The van der Waals surface area contributed by atoms with Crippen LogP contribution in [0.1, 0.15) is 39.5 Å². The quantitative estimate of drug-likeness (QED) is 0.785. The van der Waals surface area contributed by atoms with Crippen molar-refractivity contribution in [2.24, 2.45) is 11.3 Å². The molecule has 2 fully saturated rings. The minimum atomic E-state index is -0.616. The third kappa shape index (κ3) is 1.67. The molecule has 0 aromatic carbocycles. The largest absolute Gasteiger partial charge is 0.481 e. The first-order valence-corrected chi connectivity index (χ1v) is 6.31. The van der Waals surface area contributed by atoms with Gasteiger partial charge in [0.15, 0.2) is 0 Å². The lowest BCUT2D eigenvalue weighted by molar-refractivity contribution is -0.139. The van der Waals surface area contributed by atoms with Gasteiger partial charge in [-0.25, -0.2) is 0 Å². The molecule has 1 aliphatic carbocycles. The molecule has 1 N–H and O–H groups in total. The Kier molecular flexibility index (Phi) is 2.33. The van der Waals surface area contributed by atoms with Crippen LogP contribution in [0.25, 0.3) is 0 Å². The summed E-state index contributed by atoms with van der Waals surface area (Å²) in [6, 6.07) is 0. The van der Waals surface area contributed by atoms with Gasteiger partial charge in [0.1, 0.15) is 0 Å². The molecule has 0 bridgehead atoms. The summed E-state index contributed by atoms with van der Waals surface area (Å²) in [4.78, 5) is 10.8. The van der Waals surface area contributed by atoms with E-state index in [1.807, 2.05) is 11.8 Å². The molecule has 0 amide bonds. The van der Waals surface area contributed by atoms with Gasteiger partial charge in [0, 0.05) is 4.75 Å². The second-order valence-electron chi connectivity index (χ2n) is 5.23. The fourth-order valence-corrected chi connectivity index (χ4v) is 4.49. The average Bonchev–Trinajstić information content (AvgIpc) is 2.69. The van der Waals surface area contributed by atoms with Crippen LogP contribution in [0.4, 0.5) is 0 Å². The molecule has 2 nitrogen and oxygen atoms in total. The third-order valence-electron chi connectivity index (χ3n) is 3.85. The predicted octanol–water partition coefficient (Wildman–Crippen LogP) is 2.77. The third-order valence-corrected chi connectivity index (χ3v) is 5.32. The first-order valence-electron chi connectivity index (χ1n) is 5.32. The van der Waals surface area contributed by atoms with Gasteiger partial charge in [-0.15, -0.1) is 0 Å². The number of thioether (sulfide) groups is 1. The lowest BCUT2D eigenvalue weighted by Gasteiger charge is -2.32. The standard InChI is InChI=1S/C11H18O2S/c1-10(2)8(3-6-14-10)11(4-5-11)7-9(12)13/h8H,3-7H2,1-2H3,(H,12,13). The van der Waals surface area contributed by atoms with Gasteiger partial charge in [0.05, 0.1) is 6.42 Å². The minimum Gasteiger partial charge on any atom is -0.481 e. The lowest BCUT2D eigenvalue weighted by atomic mass is 9.77. The SMILES string of the molecule is CC1(C)SCCC1C1(CC(=O)O)CC1. The average molecular weight is 214 g/mol. The van der Waals surface area contributed by atoms with E-state index in [-0.39, 0.29) is 5.41 Å². The topological polar surface area (TPSA) is 37.3 Å². The van der Waals surface area contributed by atoms with Gasteiger partial charge < -0.3 is 5.11 Å². The van der Waals surface area contributed by atoms with Gasteiger partial charge in [-0.05, 0) is 36.3 Å². The Morgan fingerprint density at radius 2 is 2.14 bits per heavy atom. The number of hydrogen-bond donors (Lipinski definition) is 1. The van der Waals surface area contributed by atoms with Crippen molar-refractivity contribution in [3.05, 3.63) is 0 Å². The number of aliphatic carboxylic acids is 1. The molecule has 1 heterocycles. The van der Waals surface area contributed by atoms with E-state index < -0.39 is 5.97 Å². The number of carboxylic acid groups (broad SMARTS) is 1. The zero-order valence-electron chi connectivity index (χ0n) is 8.88. The molecule has 0 aromatic heterocycles. The van der Waals surface area contributed by atoms with Crippen LogP contribution in [-0.2, 0) is 4.79 Å². The summed E-state index contributed by atoms with van der Waals surface area (Å²) >= 11 is 2.01. The summed E-state index contributed by atoms with van der Waals surface area (Å²) in [5.74, 6) is 1.21. The van der Waals surface area contributed by atoms with E-state index in [1.54, 1.807) is 0 Å². The van der Waals surface area contributed by atoms with E-state index in [2.05, 4.69) is 13.8 Å². The Morgan fingerprint density at radius 3 is 2.50 bits per heavy atom. The zero-order valence-corrected chi connectivity index (χ0v) is 9.69. The Hall–Kier alpha value is -0.180. The Morgan fingerprint density at radius 1 is 1.50 bits per heavy atom. The molecule has 14 heavy (non-hydrogen) atoms. The summed E-state index contributed by atoms with van der Waals surface area (Å²) in [6.45, 7) is 4.55. The molecular formula is C11H18O2S. The van der Waals surface area contributed by atoms with Crippen molar-refractivity contribution in [2.45, 2.75) is 44.3 Å². The van der Waals surface area contributed by atoms with Gasteiger partial charge in [0.25, 0.3) is 0 Å². The molecule has 2 rings (SSSR count). The second kappa shape index (κ2) is 3.16. The van der Waals surface area contributed by atoms with Crippen LogP contribution < -0.4 is 0 Å². The highest BCUT2D eigenvalue weighted by Gasteiger charge is 2.56. The molecule has 3 heteroatoms. The van der Waals surface area contributed by atoms with Crippen LogP contribution in [-0.4, -0.2) is 21.6 Å². The summed E-state index contributed by atoms with van der Waals surface area (Å²) in [5, 5.41) is 8.91. The zero-order chi connectivity index (χ0) is 10.4. The Balaban J connectivity index is 2.10. The maximum absolute atomic E-state index is 10.8. The van der Waals surface area contributed by atoms with Crippen LogP contribution in [0.15, 0.2) is 0 Å². The molecule has 80 valence electrons. The molecule has 1 saturated heterocycles. The Labute approximate surface area is 89.5 Å². The van der Waals surface area contributed by atoms with Gasteiger partial charge >= 0.3 is 5.97 Å². The maximum atomic E-state index is 10.8. The van der Waals surface area contributed by atoms with E-state index in [4.69, 9.17) is 5.11 Å². The molecule has 0 radical (unpaired) electrons. The first kappa shape index (κ1) is 10.3. The van der Waals surface area contributed by atoms with Crippen molar-refractivity contribution in [3.63, 3.8) is 0 Å². The van der Waals surface area contributed by atoms with Gasteiger partial charge in [-0.1, -0.05) is 13.8 Å². The molecule has 1 aliphatic heterocycles. The first-order chi connectivity index (χ1) is 6.46. The monoisotopic (exact) mass is 214 g/mol. The molecule has 0 aromatic rings. The van der Waals surface area contributed by atoms with Crippen molar-refractivity contribution in [3.8, 4) is 0 Å². The van der Waals surface area contributed by atoms with Crippen LogP contribution in [0.2, 0.25) is 0 Å². The van der Waals surface area contributed by atoms with Crippen molar-refractivity contribution in [1.82, 2.24) is 0 Å². The number of hydrogen-bond acceptors (Lipinski definition) is 2. The van der Waals surface area contributed by atoms with Crippen molar-refractivity contribution in [2.75, 3.05) is 5.75 Å². The van der Waals surface area contributed by atoms with E-state index in [0.717, 1.165) is 12.8 Å². The molecule has 1 saturated carbocycles. The van der Waals surface area contributed by atoms with Crippen molar-refractivity contribution in [1.29, 1.82) is 0 Å². The highest BCUT2D eigenvalue weighted by molar-refractivity contribution is 8.00. The van der Waals surface area contributed by atoms with Crippen LogP contribution in [0, 0.1) is 11.3 Å². The van der Waals surface area contributed by atoms with Crippen molar-refractivity contribution < 1.29 is 9.90 Å². The number of carboxylic acids is 1. The van der Waals surface area contributed by atoms with E-state index in [0.29, 0.717) is 17.1 Å². The number of carbonyl (C=O) groups is 1. The summed E-state index contributed by atoms with van der Waals surface area (Å²) < 4.78 is 0.298. The highest BCUT2D eigenvalue weighted by atomic mass is 32.2. The summed E-state index contributed by atoms with van der Waals surface area (Å²) in [6.07, 6.45) is 3.87. The molecule has 2 aliphatic rings. The fraction of sp³-hybridized carbons (Fsp3) is 0.909. The summed E-state index contributed by atoms with van der Waals surface area (Å²) in [7, 11) is 0. The lowest BCUT2D eigenvalue weighted by Crippen LogP contribution is -2.32. The Bertz CT molecular complexity index is 256. The normalized spacial score (nSPS) is 32.9. The number of rotatable bonds is 3. The van der Waals surface area contributed by atoms with Gasteiger partial charge in [0.2, 0.25) is 0 Å². The van der Waals surface area contributed by atoms with Crippen LogP contribution >= 0.6 is 11.8 Å². The minimum absolute atomic E-state index is 0.166. The van der Waals surface area contributed by atoms with Gasteiger partial charge in [-0.2, -0.15) is 11.8 Å². The van der Waals surface area contributed by atoms with E-state index in [9.17, 15) is 4.79 Å². The molecule has 1 atom stereocenters. The molecule has 0 spiro atoms. The molecule has 1 unspecified atom stereocenters. The van der Waals surface area contributed by atoms with Gasteiger partial charge in [-0.3, -0.25) is 4.79 Å². The summed E-state index contributed by atoms with van der Waals surface area (Å²) in [5.41, 5.74) is 0.166. The maximum Gasteiger partial charge on any atom is 0.303 e. The molecular weight excluding hydrogens is 196 g/mol. The van der Waals surface area contributed by atoms with E-state index >= 15 is 0 Å². The second-order valence-corrected chi connectivity index (χ2v) is 6.98. The smallest absolute Gasteiger partial charge is 0.303 e. The highest BCUT2D eigenvalue weighted by Crippen LogP contribution is 2.63.